The van der Waals surface area contributed by atoms with Gasteiger partial charge in [-0.05, 0) is 60.6 Å². The minimum atomic E-state index is -0.518. The van der Waals surface area contributed by atoms with E-state index in [2.05, 4.69) is 28.1 Å². The van der Waals surface area contributed by atoms with Crippen LogP contribution in [0.2, 0.25) is 0 Å². The number of methoxy groups -OCH3 is 1. The highest BCUT2D eigenvalue weighted by Gasteiger charge is 2.31. The van der Waals surface area contributed by atoms with Gasteiger partial charge < -0.3 is 14.2 Å². The maximum atomic E-state index is 13.6. The van der Waals surface area contributed by atoms with Crippen LogP contribution in [0.25, 0.3) is 11.0 Å². The highest BCUT2D eigenvalue weighted by molar-refractivity contribution is 5.97. The fraction of sp³-hybridized carbons (Fsp3) is 0.250. The maximum absolute atomic E-state index is 13.6. The van der Waals surface area contributed by atoms with Gasteiger partial charge in [0, 0.05) is 37.1 Å². The standard InChI is InChI=1S/C28H27N4O3/c1-19-29-27-24(30(19)2)12-8-13-25(27)32(18-33)28(34)22-15-14-21(17-26(22)35-3)31-16-7-6-10-20-9-4-5-11-23(20)31/h4-5,8-9,11-15,17H,6-7,10,16H2,1-3H3/q+1. The molecular weight excluding hydrogens is 440 g/mol. The Balaban J connectivity index is 1.56. The molecule has 3 aromatic carbocycles. The van der Waals surface area contributed by atoms with Crippen LogP contribution in [0.15, 0.2) is 60.7 Å². The van der Waals surface area contributed by atoms with Gasteiger partial charge in [0.1, 0.15) is 17.1 Å². The Kier molecular flexibility index (Phi) is 5.93. The van der Waals surface area contributed by atoms with Crippen molar-refractivity contribution in [3.05, 3.63) is 77.6 Å². The number of carbonyl (C=O) groups is 1. The van der Waals surface area contributed by atoms with Gasteiger partial charge in [0.25, 0.3) is 5.69 Å². The summed E-state index contributed by atoms with van der Waals surface area (Å²) in [5, 5.41) is 0. The van der Waals surface area contributed by atoms with Crippen molar-refractivity contribution >= 4 is 40.1 Å². The van der Waals surface area contributed by atoms with Crippen LogP contribution in [-0.2, 0) is 18.3 Å². The Morgan fingerprint density at radius 1 is 1.09 bits per heavy atom. The topological polar surface area (TPSA) is 67.4 Å². The molecule has 1 aliphatic heterocycles. The van der Waals surface area contributed by atoms with E-state index in [-0.39, 0.29) is 5.56 Å². The second kappa shape index (κ2) is 9.20. The molecule has 35 heavy (non-hydrogen) atoms. The Morgan fingerprint density at radius 3 is 2.71 bits per heavy atom. The first-order valence-corrected chi connectivity index (χ1v) is 11.7. The van der Waals surface area contributed by atoms with Crippen molar-refractivity contribution < 1.29 is 18.9 Å². The highest BCUT2D eigenvalue weighted by atomic mass is 16.5. The normalized spacial score (nSPS) is 13.2. The average Bonchev–Trinajstić information content (AvgIpc) is 3.05. The summed E-state index contributed by atoms with van der Waals surface area (Å²) in [5.74, 6) is 0.666. The van der Waals surface area contributed by atoms with Crippen molar-refractivity contribution in [3.8, 4) is 5.75 Å². The average molecular weight is 468 g/mol. The lowest BCUT2D eigenvalue weighted by Gasteiger charge is -2.25. The molecule has 1 aliphatic rings. The number of para-hydroxylation sites is 2. The van der Waals surface area contributed by atoms with E-state index in [0.717, 1.165) is 47.4 Å². The lowest BCUT2D eigenvalue weighted by atomic mass is 10.1. The highest BCUT2D eigenvalue weighted by Crippen LogP contribution is 2.36. The Labute approximate surface area is 203 Å². The molecule has 176 valence electrons. The van der Waals surface area contributed by atoms with Crippen LogP contribution in [0.1, 0.15) is 34.6 Å². The smallest absolute Gasteiger partial charge is 0.440 e. The number of benzene rings is 3. The van der Waals surface area contributed by atoms with Crippen LogP contribution >= 0.6 is 0 Å². The van der Waals surface area contributed by atoms with Gasteiger partial charge in [0.05, 0.1) is 12.6 Å². The number of rotatable bonds is 4. The van der Waals surface area contributed by atoms with Gasteiger partial charge in [0.15, 0.2) is 5.52 Å². The molecule has 1 aromatic heterocycles. The van der Waals surface area contributed by atoms with E-state index in [0.29, 0.717) is 17.0 Å². The van der Waals surface area contributed by atoms with Gasteiger partial charge in [-0.3, -0.25) is 0 Å². The molecule has 0 atom stereocenters. The molecule has 0 bridgehead atoms. The lowest BCUT2D eigenvalue weighted by Crippen LogP contribution is -2.20. The quantitative estimate of drug-likeness (QED) is 0.235. The molecule has 0 unspecified atom stereocenters. The molecular formula is C28H27N4O3+. The predicted octanol–water partition coefficient (Wildman–Crippen LogP) is 5.18. The summed E-state index contributed by atoms with van der Waals surface area (Å²) >= 11 is 0. The largest absolute Gasteiger partial charge is 0.496 e. The van der Waals surface area contributed by atoms with Gasteiger partial charge in [-0.15, -0.1) is 0 Å². The first-order chi connectivity index (χ1) is 17.0. The molecule has 7 nitrogen and oxygen atoms in total. The van der Waals surface area contributed by atoms with E-state index < -0.39 is 5.91 Å². The summed E-state index contributed by atoms with van der Waals surface area (Å²) in [6.07, 6.45) is 5.05. The summed E-state index contributed by atoms with van der Waals surface area (Å²) < 4.78 is 8.53. The third-order valence-corrected chi connectivity index (χ3v) is 6.74. The lowest BCUT2D eigenvalue weighted by molar-refractivity contribution is -0.330. The number of carbonyl (C=O) groups excluding carboxylic acids is 2. The van der Waals surface area contributed by atoms with Crippen molar-refractivity contribution in [2.45, 2.75) is 26.2 Å². The van der Waals surface area contributed by atoms with Crippen LogP contribution in [0.4, 0.5) is 17.1 Å². The van der Waals surface area contributed by atoms with Gasteiger partial charge in [0.2, 0.25) is 0 Å². The molecule has 0 radical (unpaired) electrons. The number of anilines is 2. The molecule has 0 fully saturated rings. The first kappa shape index (κ1) is 22.6. The van der Waals surface area contributed by atoms with E-state index in [1.54, 1.807) is 24.3 Å². The SMILES string of the molecule is COc1cc(N2CCCCc3ccccc32)ccc1C(=O)[N+](=C=O)c1cccc2c1nc(C)n2C. The summed E-state index contributed by atoms with van der Waals surface area (Å²) in [5.41, 5.74) is 5.50. The summed E-state index contributed by atoms with van der Waals surface area (Å²) in [6, 6.07) is 19.3. The monoisotopic (exact) mass is 467 g/mol. The molecule has 7 heteroatoms. The molecule has 0 N–H and O–H groups in total. The number of ether oxygens (including phenoxy) is 1. The van der Waals surface area contributed by atoms with Crippen molar-refractivity contribution in [1.29, 1.82) is 0 Å². The van der Waals surface area contributed by atoms with E-state index in [1.807, 2.05) is 42.8 Å². The number of isocyanates is 1. The number of aromatic nitrogens is 2. The van der Waals surface area contributed by atoms with Crippen molar-refractivity contribution in [2.75, 3.05) is 18.6 Å². The van der Waals surface area contributed by atoms with Crippen LogP contribution < -0.4 is 9.64 Å². The Hall–Kier alpha value is -4.22. The van der Waals surface area contributed by atoms with Gasteiger partial charge in [-0.1, -0.05) is 24.3 Å². The van der Waals surface area contributed by atoms with E-state index in [1.165, 1.54) is 18.4 Å². The third-order valence-electron chi connectivity index (χ3n) is 6.74. The number of hydrogen-bond donors (Lipinski definition) is 0. The van der Waals surface area contributed by atoms with Crippen LogP contribution in [0, 0.1) is 6.92 Å². The third kappa shape index (κ3) is 3.90. The second-order valence-electron chi connectivity index (χ2n) is 8.72. The summed E-state index contributed by atoms with van der Waals surface area (Å²) in [4.78, 5) is 32.4. The number of fused-ring (bicyclic) bond motifs is 2. The minimum Gasteiger partial charge on any atom is -0.496 e. The summed E-state index contributed by atoms with van der Waals surface area (Å²) in [6.45, 7) is 2.76. The zero-order chi connectivity index (χ0) is 24.5. The molecule has 0 saturated carbocycles. The summed E-state index contributed by atoms with van der Waals surface area (Å²) in [7, 11) is 3.43. The zero-order valence-corrected chi connectivity index (χ0v) is 20.1. The number of hydrogen-bond acceptors (Lipinski definition) is 5. The number of nitrogens with zero attached hydrogens (tertiary/aromatic N) is 4. The minimum absolute atomic E-state index is 0.285. The van der Waals surface area contributed by atoms with Crippen molar-refractivity contribution in [3.63, 3.8) is 0 Å². The molecule has 1 amide bonds. The maximum Gasteiger partial charge on any atom is 0.440 e. The van der Waals surface area contributed by atoms with E-state index in [4.69, 9.17) is 4.74 Å². The Morgan fingerprint density at radius 2 is 1.91 bits per heavy atom. The first-order valence-electron chi connectivity index (χ1n) is 11.7. The number of amides is 1. The van der Waals surface area contributed by atoms with Gasteiger partial charge in [-0.2, -0.15) is 4.79 Å². The van der Waals surface area contributed by atoms with Gasteiger partial charge in [-0.25, -0.2) is 9.78 Å². The number of imidazole rings is 1. The van der Waals surface area contributed by atoms with Crippen molar-refractivity contribution in [2.24, 2.45) is 7.05 Å². The molecule has 4 aromatic rings. The van der Waals surface area contributed by atoms with E-state index in [9.17, 15) is 9.59 Å². The van der Waals surface area contributed by atoms with Crippen molar-refractivity contribution in [1.82, 2.24) is 9.55 Å². The van der Waals surface area contributed by atoms with Crippen LogP contribution in [0.5, 0.6) is 5.75 Å². The second-order valence-corrected chi connectivity index (χ2v) is 8.72. The van der Waals surface area contributed by atoms with E-state index >= 15 is 0 Å². The van der Waals surface area contributed by atoms with Crippen LogP contribution in [0.3, 0.4) is 0 Å². The molecule has 0 aliphatic carbocycles. The van der Waals surface area contributed by atoms with Crippen LogP contribution in [-0.4, -0.2) is 39.8 Å². The molecule has 0 saturated heterocycles. The zero-order valence-electron chi connectivity index (χ0n) is 20.1. The predicted molar refractivity (Wildman–Crippen MR) is 135 cm³/mol. The molecule has 2 heterocycles. The molecule has 0 spiro atoms. The Bertz CT molecular complexity index is 1500. The number of aryl methyl sites for hydroxylation is 3. The van der Waals surface area contributed by atoms with Gasteiger partial charge >= 0.3 is 12.0 Å². The fourth-order valence-corrected chi connectivity index (χ4v) is 4.80. The molecule has 5 rings (SSSR count). The fourth-order valence-electron chi connectivity index (χ4n) is 4.80.